The zero-order valence-electron chi connectivity index (χ0n) is 11.2. The Bertz CT molecular complexity index is 360. The van der Waals surface area contributed by atoms with Gasteiger partial charge in [-0.1, -0.05) is 13.8 Å². The van der Waals surface area contributed by atoms with Crippen molar-refractivity contribution in [3.63, 3.8) is 0 Å². The molecule has 1 fully saturated rings. The van der Waals surface area contributed by atoms with Crippen LogP contribution in [-0.4, -0.2) is 52.7 Å². The smallest absolute Gasteiger partial charge is 0.323 e. The van der Waals surface area contributed by atoms with Gasteiger partial charge in [-0.15, -0.1) is 0 Å². The van der Waals surface area contributed by atoms with Gasteiger partial charge in [0, 0.05) is 6.54 Å². The molecule has 1 rings (SSSR count). The van der Waals surface area contributed by atoms with E-state index in [4.69, 9.17) is 10.2 Å². The van der Waals surface area contributed by atoms with Crippen molar-refractivity contribution in [1.82, 2.24) is 10.2 Å². The number of urea groups is 1. The van der Waals surface area contributed by atoms with E-state index in [2.05, 4.69) is 19.2 Å². The fourth-order valence-electron chi connectivity index (χ4n) is 2.01. The van der Waals surface area contributed by atoms with E-state index in [1.165, 1.54) is 0 Å². The zero-order valence-corrected chi connectivity index (χ0v) is 11.2. The maximum atomic E-state index is 11.8. The van der Waals surface area contributed by atoms with Crippen LogP contribution in [0.1, 0.15) is 26.7 Å². The summed E-state index contributed by atoms with van der Waals surface area (Å²) in [4.78, 5) is 33.8. The summed E-state index contributed by atoms with van der Waals surface area (Å²) in [6.07, 6.45) is 2.06. The molecule has 1 aliphatic rings. The lowest BCUT2D eigenvalue weighted by molar-refractivity contribution is -0.140. The average molecular weight is 272 g/mol. The quantitative estimate of drug-likeness (QED) is 0.629. The van der Waals surface area contributed by atoms with Gasteiger partial charge in [-0.25, -0.2) is 4.79 Å². The highest BCUT2D eigenvalue weighted by molar-refractivity contribution is 5.84. The van der Waals surface area contributed by atoms with Gasteiger partial charge in [-0.2, -0.15) is 0 Å². The average Bonchev–Trinajstić information content (AvgIpc) is 3.04. The monoisotopic (exact) mass is 272 g/mol. The Labute approximate surface area is 111 Å². The SMILES string of the molecule is CC(C)C1(CNC(=O)N(CC(=O)O)CC(=O)O)CC1. The van der Waals surface area contributed by atoms with Crippen molar-refractivity contribution in [3.05, 3.63) is 0 Å². The van der Waals surface area contributed by atoms with E-state index in [0.29, 0.717) is 12.5 Å². The first-order chi connectivity index (χ1) is 8.77. The topological polar surface area (TPSA) is 107 Å². The van der Waals surface area contributed by atoms with Gasteiger partial charge in [0.25, 0.3) is 0 Å². The highest BCUT2D eigenvalue weighted by Crippen LogP contribution is 2.51. The molecule has 3 N–H and O–H groups in total. The number of amides is 2. The van der Waals surface area contributed by atoms with Gasteiger partial charge >= 0.3 is 18.0 Å². The molecule has 0 unspecified atom stereocenters. The summed E-state index contributed by atoms with van der Waals surface area (Å²) in [5.41, 5.74) is 0.0910. The second-order valence-corrected chi connectivity index (χ2v) is 5.32. The fourth-order valence-corrected chi connectivity index (χ4v) is 2.01. The van der Waals surface area contributed by atoms with Crippen molar-refractivity contribution in [2.45, 2.75) is 26.7 Å². The Morgan fingerprint density at radius 1 is 1.16 bits per heavy atom. The normalized spacial score (nSPS) is 15.9. The first-order valence-electron chi connectivity index (χ1n) is 6.23. The number of hydrogen-bond acceptors (Lipinski definition) is 3. The standard InChI is InChI=1S/C12H20N2O5/c1-8(2)12(3-4-12)7-13-11(19)14(5-9(15)16)6-10(17)18/h8H,3-7H2,1-2H3,(H,13,19)(H,15,16)(H,17,18). The predicted molar refractivity (Wildman–Crippen MR) is 66.7 cm³/mol. The predicted octanol–water partition coefficient (Wildman–Crippen LogP) is 0.603. The molecule has 1 aliphatic carbocycles. The van der Waals surface area contributed by atoms with Crippen molar-refractivity contribution >= 4 is 18.0 Å². The molecule has 0 aromatic carbocycles. The third-order valence-electron chi connectivity index (χ3n) is 3.65. The number of rotatable bonds is 7. The first kappa shape index (κ1) is 15.3. The Kier molecular flexibility index (Phi) is 4.74. The van der Waals surface area contributed by atoms with Crippen molar-refractivity contribution in [3.8, 4) is 0 Å². The summed E-state index contributed by atoms with van der Waals surface area (Å²) in [6, 6.07) is -0.642. The summed E-state index contributed by atoms with van der Waals surface area (Å²) < 4.78 is 0. The number of hydrogen-bond donors (Lipinski definition) is 3. The van der Waals surface area contributed by atoms with Crippen molar-refractivity contribution in [2.24, 2.45) is 11.3 Å². The molecule has 0 aromatic rings. The molecule has 0 spiro atoms. The molecule has 19 heavy (non-hydrogen) atoms. The Hall–Kier alpha value is -1.79. The second-order valence-electron chi connectivity index (χ2n) is 5.32. The van der Waals surface area contributed by atoms with Crippen molar-refractivity contribution in [1.29, 1.82) is 0 Å². The van der Waals surface area contributed by atoms with E-state index in [-0.39, 0.29) is 5.41 Å². The lowest BCUT2D eigenvalue weighted by Crippen LogP contribution is -2.47. The number of carboxylic acid groups (broad SMARTS) is 2. The molecule has 0 heterocycles. The van der Waals surface area contributed by atoms with Gasteiger partial charge < -0.3 is 20.4 Å². The summed E-state index contributed by atoms with van der Waals surface area (Å²) in [5.74, 6) is -2.04. The van der Waals surface area contributed by atoms with Gasteiger partial charge in [0.2, 0.25) is 0 Å². The lowest BCUT2D eigenvalue weighted by Gasteiger charge is -2.24. The molecule has 0 bridgehead atoms. The van der Waals surface area contributed by atoms with Gasteiger partial charge in [-0.3, -0.25) is 9.59 Å². The highest BCUT2D eigenvalue weighted by Gasteiger charge is 2.45. The van der Waals surface area contributed by atoms with Crippen molar-refractivity contribution < 1.29 is 24.6 Å². The first-order valence-corrected chi connectivity index (χ1v) is 6.23. The van der Waals surface area contributed by atoms with Crippen LogP contribution in [0.3, 0.4) is 0 Å². The van der Waals surface area contributed by atoms with Crippen LogP contribution in [-0.2, 0) is 9.59 Å². The maximum absolute atomic E-state index is 11.8. The van der Waals surface area contributed by atoms with Gasteiger partial charge in [0.05, 0.1) is 0 Å². The minimum Gasteiger partial charge on any atom is -0.480 e. The minimum atomic E-state index is -1.23. The fraction of sp³-hybridized carbons (Fsp3) is 0.750. The number of aliphatic carboxylic acids is 2. The zero-order chi connectivity index (χ0) is 14.6. The van der Waals surface area contributed by atoms with Crippen LogP contribution >= 0.6 is 0 Å². The van der Waals surface area contributed by atoms with E-state index >= 15 is 0 Å². The molecule has 0 atom stereocenters. The molecule has 7 heteroatoms. The van der Waals surface area contributed by atoms with Gasteiger partial charge in [-0.05, 0) is 24.2 Å². The molecule has 0 radical (unpaired) electrons. The third kappa shape index (κ3) is 4.42. The molecule has 1 saturated carbocycles. The van der Waals surface area contributed by atoms with Crippen molar-refractivity contribution in [2.75, 3.05) is 19.6 Å². The third-order valence-corrected chi connectivity index (χ3v) is 3.65. The van der Waals surface area contributed by atoms with Crippen LogP contribution in [0.15, 0.2) is 0 Å². The Morgan fingerprint density at radius 3 is 1.95 bits per heavy atom. The van der Waals surface area contributed by atoms with Crippen LogP contribution in [0.25, 0.3) is 0 Å². The molecule has 7 nitrogen and oxygen atoms in total. The van der Waals surface area contributed by atoms with E-state index in [0.717, 1.165) is 17.7 Å². The van der Waals surface area contributed by atoms with Crippen LogP contribution in [0.2, 0.25) is 0 Å². The molecule has 2 amide bonds. The van der Waals surface area contributed by atoms with E-state index < -0.39 is 31.1 Å². The molecular weight excluding hydrogens is 252 g/mol. The van der Waals surface area contributed by atoms with E-state index in [9.17, 15) is 14.4 Å². The maximum Gasteiger partial charge on any atom is 0.323 e. The lowest BCUT2D eigenvalue weighted by atomic mass is 9.92. The Balaban J connectivity index is 2.52. The minimum absolute atomic E-state index is 0.0910. The van der Waals surface area contributed by atoms with Crippen LogP contribution in [0.4, 0.5) is 4.79 Å². The van der Waals surface area contributed by atoms with Crippen LogP contribution < -0.4 is 5.32 Å². The highest BCUT2D eigenvalue weighted by atomic mass is 16.4. The number of carbonyl (C=O) groups is 3. The number of nitrogens with zero attached hydrogens (tertiary/aromatic N) is 1. The number of nitrogens with one attached hydrogen (secondary N) is 1. The second kappa shape index (κ2) is 5.90. The van der Waals surface area contributed by atoms with Gasteiger partial charge in [0.1, 0.15) is 13.1 Å². The number of carboxylic acids is 2. The Morgan fingerprint density at radius 2 is 1.63 bits per heavy atom. The summed E-state index contributed by atoms with van der Waals surface area (Å²) >= 11 is 0. The molecule has 0 aliphatic heterocycles. The molecule has 0 aromatic heterocycles. The molecule has 0 saturated heterocycles. The molecular formula is C12H20N2O5. The van der Waals surface area contributed by atoms with Crippen LogP contribution in [0, 0.1) is 11.3 Å². The van der Waals surface area contributed by atoms with E-state index in [1.807, 2.05) is 0 Å². The molecule has 108 valence electrons. The summed E-state index contributed by atoms with van der Waals surface area (Å²) in [6.45, 7) is 3.37. The van der Waals surface area contributed by atoms with E-state index in [1.54, 1.807) is 0 Å². The summed E-state index contributed by atoms with van der Waals surface area (Å²) in [7, 11) is 0. The largest absolute Gasteiger partial charge is 0.480 e. The van der Waals surface area contributed by atoms with Crippen LogP contribution in [0.5, 0.6) is 0 Å². The number of carbonyl (C=O) groups excluding carboxylic acids is 1. The van der Waals surface area contributed by atoms with Gasteiger partial charge in [0.15, 0.2) is 0 Å². The summed E-state index contributed by atoms with van der Waals surface area (Å²) in [5, 5.41) is 20.0.